The molecule has 0 saturated heterocycles. The van der Waals surface area contributed by atoms with Gasteiger partial charge in [-0.15, -0.1) is 10.2 Å². The summed E-state index contributed by atoms with van der Waals surface area (Å²) in [5.41, 5.74) is 2.30. The Hall–Kier alpha value is -2.67. The molecular formula is C21H24ClN5O2. The summed E-state index contributed by atoms with van der Waals surface area (Å²) < 4.78 is 7.90. The molecule has 1 saturated carbocycles. The van der Waals surface area contributed by atoms with E-state index < -0.39 is 0 Å². The van der Waals surface area contributed by atoms with Crippen LogP contribution in [0.3, 0.4) is 0 Å². The van der Waals surface area contributed by atoms with Gasteiger partial charge in [0.05, 0.1) is 12.0 Å². The Labute approximate surface area is 174 Å². The van der Waals surface area contributed by atoms with E-state index in [1.807, 2.05) is 30.5 Å². The molecule has 0 bridgehead atoms. The second-order valence-corrected chi connectivity index (χ2v) is 8.12. The minimum Gasteiger partial charge on any atom is -0.419 e. The predicted octanol–water partition coefficient (Wildman–Crippen LogP) is 4.23. The van der Waals surface area contributed by atoms with E-state index in [0.717, 1.165) is 37.1 Å². The van der Waals surface area contributed by atoms with E-state index in [4.69, 9.17) is 16.0 Å². The first-order valence-corrected chi connectivity index (χ1v) is 10.2. The van der Waals surface area contributed by atoms with Gasteiger partial charge in [0, 0.05) is 36.6 Å². The Morgan fingerprint density at radius 3 is 2.86 bits per heavy atom. The number of benzene rings is 1. The number of hydrogen-bond acceptors (Lipinski definition) is 5. The van der Waals surface area contributed by atoms with Crippen molar-refractivity contribution in [2.45, 2.75) is 44.6 Å². The van der Waals surface area contributed by atoms with E-state index in [2.05, 4.69) is 15.2 Å². The van der Waals surface area contributed by atoms with Crippen molar-refractivity contribution in [2.24, 2.45) is 7.05 Å². The van der Waals surface area contributed by atoms with Crippen LogP contribution in [-0.4, -0.2) is 43.6 Å². The molecule has 3 aromatic rings. The van der Waals surface area contributed by atoms with Gasteiger partial charge in [0.1, 0.15) is 5.69 Å². The van der Waals surface area contributed by atoms with Gasteiger partial charge in [-0.05, 0) is 44.4 Å². The topological polar surface area (TPSA) is 77.1 Å². The van der Waals surface area contributed by atoms with Crippen molar-refractivity contribution in [3.05, 3.63) is 52.8 Å². The van der Waals surface area contributed by atoms with Crippen molar-refractivity contribution in [1.29, 1.82) is 0 Å². The van der Waals surface area contributed by atoms with Crippen LogP contribution in [0.4, 0.5) is 0 Å². The standard InChI is InChI=1S/C21H24ClN5O2/c1-13-18(26(2)12-23-13)20-25-24-19(29-20)14-6-5-9-17(11-14)27(3)21(28)15-7-4-8-16(22)10-15/h4,7-8,10,12,14,17H,5-6,9,11H2,1-3H3/t14-,17+/m1/s1. The average Bonchev–Trinajstić information content (AvgIpc) is 3.33. The monoisotopic (exact) mass is 413 g/mol. The van der Waals surface area contributed by atoms with Crippen molar-refractivity contribution in [3.8, 4) is 11.6 Å². The molecule has 152 valence electrons. The van der Waals surface area contributed by atoms with Crippen LogP contribution in [0.25, 0.3) is 11.6 Å². The zero-order valence-electron chi connectivity index (χ0n) is 16.8. The first-order chi connectivity index (χ1) is 13.9. The third-order valence-electron chi connectivity index (χ3n) is 5.70. The molecule has 2 atom stereocenters. The molecule has 29 heavy (non-hydrogen) atoms. The van der Waals surface area contributed by atoms with Gasteiger partial charge in [-0.25, -0.2) is 4.98 Å². The van der Waals surface area contributed by atoms with Crippen molar-refractivity contribution in [2.75, 3.05) is 7.05 Å². The lowest BCUT2D eigenvalue weighted by Crippen LogP contribution is -2.39. The average molecular weight is 414 g/mol. The molecule has 0 unspecified atom stereocenters. The zero-order chi connectivity index (χ0) is 20.5. The largest absolute Gasteiger partial charge is 0.419 e. The fourth-order valence-corrected chi connectivity index (χ4v) is 4.27. The number of halogens is 1. The van der Waals surface area contributed by atoms with E-state index >= 15 is 0 Å². The molecule has 0 aliphatic heterocycles. The molecule has 0 radical (unpaired) electrons. The quantitative estimate of drug-likeness (QED) is 0.639. The lowest BCUT2D eigenvalue weighted by molar-refractivity contribution is 0.0680. The number of carbonyl (C=O) groups is 1. The summed E-state index contributed by atoms with van der Waals surface area (Å²) in [6.07, 6.45) is 5.48. The van der Waals surface area contributed by atoms with Gasteiger partial charge in [-0.3, -0.25) is 4.79 Å². The molecule has 1 aliphatic carbocycles. The number of imidazole rings is 1. The number of aryl methyl sites for hydroxylation is 2. The molecule has 1 amide bonds. The van der Waals surface area contributed by atoms with Crippen LogP contribution in [0.1, 0.15) is 53.5 Å². The van der Waals surface area contributed by atoms with Gasteiger partial charge in [0.25, 0.3) is 11.8 Å². The minimum absolute atomic E-state index is 0.0186. The van der Waals surface area contributed by atoms with Gasteiger partial charge < -0.3 is 13.9 Å². The van der Waals surface area contributed by atoms with Crippen molar-refractivity contribution < 1.29 is 9.21 Å². The third-order valence-corrected chi connectivity index (χ3v) is 5.93. The summed E-state index contributed by atoms with van der Waals surface area (Å²) >= 11 is 6.04. The number of carbonyl (C=O) groups excluding carboxylic acids is 1. The van der Waals surface area contributed by atoms with Crippen LogP contribution < -0.4 is 0 Å². The fraction of sp³-hybridized carbons (Fsp3) is 0.429. The molecule has 1 aliphatic rings. The maximum Gasteiger partial charge on any atom is 0.266 e. The number of hydrogen-bond donors (Lipinski definition) is 0. The Morgan fingerprint density at radius 2 is 2.14 bits per heavy atom. The van der Waals surface area contributed by atoms with Crippen LogP contribution in [0, 0.1) is 6.92 Å². The molecule has 0 spiro atoms. The van der Waals surface area contributed by atoms with E-state index in [-0.39, 0.29) is 17.9 Å². The second kappa shape index (κ2) is 7.99. The number of rotatable bonds is 4. The lowest BCUT2D eigenvalue weighted by atomic mass is 9.85. The Bertz CT molecular complexity index is 1010. The van der Waals surface area contributed by atoms with Gasteiger partial charge in [0.15, 0.2) is 0 Å². The molecule has 2 aromatic heterocycles. The third kappa shape index (κ3) is 3.92. The molecule has 7 nitrogen and oxygen atoms in total. The molecule has 4 rings (SSSR count). The summed E-state index contributed by atoms with van der Waals surface area (Å²) in [5.74, 6) is 1.24. The molecular weight excluding hydrogens is 390 g/mol. The Morgan fingerprint density at radius 1 is 1.31 bits per heavy atom. The van der Waals surface area contributed by atoms with E-state index in [9.17, 15) is 4.79 Å². The van der Waals surface area contributed by atoms with Crippen LogP contribution >= 0.6 is 11.6 Å². The van der Waals surface area contributed by atoms with E-state index in [1.165, 1.54) is 0 Å². The van der Waals surface area contributed by atoms with Gasteiger partial charge in [-0.1, -0.05) is 24.1 Å². The Balaban J connectivity index is 1.49. The highest BCUT2D eigenvalue weighted by Crippen LogP contribution is 2.35. The van der Waals surface area contributed by atoms with Crippen molar-refractivity contribution >= 4 is 17.5 Å². The summed E-state index contributed by atoms with van der Waals surface area (Å²) in [6.45, 7) is 1.92. The zero-order valence-corrected chi connectivity index (χ0v) is 17.6. The van der Waals surface area contributed by atoms with E-state index in [1.54, 1.807) is 30.6 Å². The van der Waals surface area contributed by atoms with Crippen molar-refractivity contribution in [1.82, 2.24) is 24.6 Å². The minimum atomic E-state index is -0.0186. The molecule has 0 N–H and O–H groups in total. The SMILES string of the molecule is Cc1ncn(C)c1-c1nnc([C@@H]2CCC[C@H](N(C)C(=O)c3cccc(Cl)c3)C2)o1. The van der Waals surface area contributed by atoms with Crippen LogP contribution in [0.15, 0.2) is 35.0 Å². The molecule has 1 fully saturated rings. The normalized spacial score (nSPS) is 19.3. The number of amides is 1. The highest BCUT2D eigenvalue weighted by atomic mass is 35.5. The number of nitrogens with zero attached hydrogens (tertiary/aromatic N) is 5. The van der Waals surface area contributed by atoms with Gasteiger partial charge in [0.2, 0.25) is 5.89 Å². The number of aromatic nitrogens is 4. The summed E-state index contributed by atoms with van der Waals surface area (Å²) in [6, 6.07) is 7.20. The van der Waals surface area contributed by atoms with Crippen molar-refractivity contribution in [3.63, 3.8) is 0 Å². The van der Waals surface area contributed by atoms with Crippen LogP contribution in [0.5, 0.6) is 0 Å². The fourth-order valence-electron chi connectivity index (χ4n) is 4.08. The predicted molar refractivity (Wildman–Crippen MR) is 110 cm³/mol. The van der Waals surface area contributed by atoms with Crippen LogP contribution in [-0.2, 0) is 7.05 Å². The highest BCUT2D eigenvalue weighted by molar-refractivity contribution is 6.30. The highest BCUT2D eigenvalue weighted by Gasteiger charge is 2.32. The first-order valence-electron chi connectivity index (χ1n) is 9.78. The summed E-state index contributed by atoms with van der Waals surface area (Å²) in [7, 11) is 3.76. The van der Waals surface area contributed by atoms with Crippen LogP contribution in [0.2, 0.25) is 5.02 Å². The molecule has 8 heteroatoms. The summed E-state index contributed by atoms with van der Waals surface area (Å²) in [4.78, 5) is 19.0. The summed E-state index contributed by atoms with van der Waals surface area (Å²) in [5, 5.41) is 9.12. The van der Waals surface area contributed by atoms with Gasteiger partial charge >= 0.3 is 0 Å². The first kappa shape index (κ1) is 19.6. The van der Waals surface area contributed by atoms with E-state index in [0.29, 0.717) is 22.4 Å². The second-order valence-electron chi connectivity index (χ2n) is 7.68. The molecule has 1 aromatic carbocycles. The lowest BCUT2D eigenvalue weighted by Gasteiger charge is -2.34. The van der Waals surface area contributed by atoms with Gasteiger partial charge in [-0.2, -0.15) is 0 Å². The maximum atomic E-state index is 12.9. The molecule has 2 heterocycles. The Kier molecular flexibility index (Phi) is 5.41. The smallest absolute Gasteiger partial charge is 0.266 e. The maximum absolute atomic E-state index is 12.9.